The molecule has 0 saturated heterocycles. The molecule has 39 heavy (non-hydrogen) atoms. The van der Waals surface area contributed by atoms with Gasteiger partial charge in [0.05, 0.1) is 28.2 Å². The van der Waals surface area contributed by atoms with Crippen molar-refractivity contribution in [2.24, 2.45) is 0 Å². The summed E-state index contributed by atoms with van der Waals surface area (Å²) in [6, 6.07) is 16.9. The standard InChI is InChI=1S/C28H32N8O2S/c1-39(37,38)14-13-30-20-8-10-21(11-9-20)36-28-25(27(29)31-17-32-28)26(35-36)19-7-12-22-23(16-19)34-24(33-22)15-18-5-3-2-4-6-18/h2-7,12,16-17,20-21,30H,8-11,13-15H2,1H3,(H,33,34)(H2,29,31,32)/t20-,21+. The van der Waals surface area contributed by atoms with Gasteiger partial charge in [0.15, 0.2) is 5.65 Å². The first-order valence-electron chi connectivity index (χ1n) is 13.3. The van der Waals surface area contributed by atoms with E-state index in [1.807, 2.05) is 41.1 Å². The summed E-state index contributed by atoms with van der Waals surface area (Å²) in [5, 5.41) is 9.19. The van der Waals surface area contributed by atoms with E-state index in [1.54, 1.807) is 0 Å². The van der Waals surface area contributed by atoms with Crippen molar-refractivity contribution in [3.05, 3.63) is 66.2 Å². The topological polar surface area (TPSA) is 144 Å². The van der Waals surface area contributed by atoms with Gasteiger partial charge < -0.3 is 16.0 Å². The second-order valence-electron chi connectivity index (χ2n) is 10.4. The molecule has 2 aromatic carbocycles. The summed E-state index contributed by atoms with van der Waals surface area (Å²) in [6.45, 7) is 0.482. The summed E-state index contributed by atoms with van der Waals surface area (Å²) in [7, 11) is -2.97. The van der Waals surface area contributed by atoms with Crippen LogP contribution in [0.15, 0.2) is 54.9 Å². The Hall–Kier alpha value is -3.83. The number of aromatic amines is 1. The highest BCUT2D eigenvalue weighted by Gasteiger charge is 2.27. The lowest BCUT2D eigenvalue weighted by Crippen LogP contribution is -2.36. The van der Waals surface area contributed by atoms with E-state index >= 15 is 0 Å². The van der Waals surface area contributed by atoms with Crippen LogP contribution in [-0.2, 0) is 16.3 Å². The Morgan fingerprint density at radius 2 is 1.87 bits per heavy atom. The van der Waals surface area contributed by atoms with Gasteiger partial charge in [-0.3, -0.25) is 0 Å². The third-order valence-electron chi connectivity index (χ3n) is 7.49. The van der Waals surface area contributed by atoms with Gasteiger partial charge in [0.2, 0.25) is 0 Å². The fourth-order valence-corrected chi connectivity index (χ4v) is 5.99. The van der Waals surface area contributed by atoms with E-state index < -0.39 is 9.84 Å². The predicted molar refractivity (Wildman–Crippen MR) is 153 cm³/mol. The number of nitrogens with zero attached hydrogens (tertiary/aromatic N) is 5. The van der Waals surface area contributed by atoms with Crippen molar-refractivity contribution < 1.29 is 8.42 Å². The van der Waals surface area contributed by atoms with Gasteiger partial charge in [-0.05, 0) is 43.4 Å². The van der Waals surface area contributed by atoms with Crippen molar-refractivity contribution in [3.63, 3.8) is 0 Å². The molecule has 1 aliphatic rings. The molecule has 1 saturated carbocycles. The fraction of sp³-hybridized carbons (Fsp3) is 0.357. The van der Waals surface area contributed by atoms with Crippen molar-refractivity contribution in [3.8, 4) is 11.3 Å². The molecular formula is C28H32N8O2S. The Kier molecular flexibility index (Phi) is 6.78. The van der Waals surface area contributed by atoms with Gasteiger partial charge in [0.25, 0.3) is 0 Å². The van der Waals surface area contributed by atoms with E-state index in [1.165, 1.54) is 18.1 Å². The Balaban J connectivity index is 1.26. The van der Waals surface area contributed by atoms with Gasteiger partial charge in [-0.15, -0.1) is 0 Å². The number of hydrogen-bond acceptors (Lipinski definition) is 8. The summed E-state index contributed by atoms with van der Waals surface area (Å²) in [5.41, 5.74) is 11.8. The number of nitrogens with two attached hydrogens (primary N) is 1. The van der Waals surface area contributed by atoms with Crippen LogP contribution >= 0.6 is 0 Å². The predicted octanol–water partition coefficient (Wildman–Crippen LogP) is 3.66. The lowest BCUT2D eigenvalue weighted by atomic mass is 9.91. The zero-order valence-electron chi connectivity index (χ0n) is 21.8. The van der Waals surface area contributed by atoms with E-state index in [9.17, 15) is 8.42 Å². The van der Waals surface area contributed by atoms with Crippen LogP contribution in [0.4, 0.5) is 5.82 Å². The van der Waals surface area contributed by atoms with Gasteiger partial charge in [0, 0.05) is 30.8 Å². The number of nitrogen functional groups attached to an aromatic ring is 1. The minimum atomic E-state index is -2.97. The number of hydrogen-bond donors (Lipinski definition) is 3. The lowest BCUT2D eigenvalue weighted by Gasteiger charge is -2.29. The number of H-pyrrole nitrogens is 1. The van der Waals surface area contributed by atoms with E-state index in [-0.39, 0.29) is 11.8 Å². The number of anilines is 1. The van der Waals surface area contributed by atoms with Crippen molar-refractivity contribution >= 4 is 37.7 Å². The van der Waals surface area contributed by atoms with E-state index in [4.69, 9.17) is 15.8 Å². The Bertz CT molecular complexity index is 1720. The second kappa shape index (κ2) is 10.4. The molecule has 1 fully saturated rings. The maximum absolute atomic E-state index is 11.4. The van der Waals surface area contributed by atoms with Gasteiger partial charge >= 0.3 is 0 Å². The van der Waals surface area contributed by atoms with E-state index in [0.717, 1.165) is 71.3 Å². The molecule has 0 spiro atoms. The Labute approximate surface area is 227 Å². The van der Waals surface area contributed by atoms with Crippen molar-refractivity contribution in [1.29, 1.82) is 0 Å². The van der Waals surface area contributed by atoms with Crippen molar-refractivity contribution in [2.45, 2.75) is 44.2 Å². The van der Waals surface area contributed by atoms with Crippen LogP contribution in [-0.4, -0.2) is 62.7 Å². The molecule has 3 aromatic heterocycles. The monoisotopic (exact) mass is 544 g/mol. The molecule has 0 aliphatic heterocycles. The Morgan fingerprint density at radius 3 is 2.64 bits per heavy atom. The molecule has 10 nitrogen and oxygen atoms in total. The Morgan fingerprint density at radius 1 is 1.08 bits per heavy atom. The van der Waals surface area contributed by atoms with Crippen LogP contribution in [0.5, 0.6) is 0 Å². The van der Waals surface area contributed by atoms with E-state index in [2.05, 4.69) is 32.4 Å². The average Bonchev–Trinajstić information content (AvgIpc) is 3.50. The maximum atomic E-state index is 11.4. The minimum Gasteiger partial charge on any atom is -0.383 e. The molecule has 0 bridgehead atoms. The van der Waals surface area contributed by atoms with Gasteiger partial charge in [-0.25, -0.2) is 28.1 Å². The molecular weight excluding hydrogens is 512 g/mol. The normalized spacial score (nSPS) is 18.2. The van der Waals surface area contributed by atoms with Crippen LogP contribution in [0.2, 0.25) is 0 Å². The number of aromatic nitrogens is 6. The minimum absolute atomic E-state index is 0.157. The third kappa shape index (κ3) is 5.50. The summed E-state index contributed by atoms with van der Waals surface area (Å²) >= 11 is 0. The van der Waals surface area contributed by atoms with Crippen LogP contribution in [0.25, 0.3) is 33.3 Å². The number of rotatable bonds is 8. The van der Waals surface area contributed by atoms with Crippen LogP contribution in [0.1, 0.15) is 43.1 Å². The molecule has 5 aromatic rings. The molecule has 4 N–H and O–H groups in total. The third-order valence-corrected chi connectivity index (χ3v) is 8.43. The first-order valence-corrected chi connectivity index (χ1v) is 15.3. The maximum Gasteiger partial charge on any atom is 0.164 e. The first kappa shape index (κ1) is 25.4. The molecule has 0 radical (unpaired) electrons. The highest BCUT2D eigenvalue weighted by Crippen LogP contribution is 2.36. The highest BCUT2D eigenvalue weighted by atomic mass is 32.2. The summed E-state index contributed by atoms with van der Waals surface area (Å²) in [6.07, 6.45) is 7.20. The SMILES string of the molecule is CS(=O)(=O)CCN[C@H]1CC[C@@H](n2nc(-c3ccc4[nH]c(Cc5ccccc5)nc4c3)c3c(N)ncnc32)CC1. The number of sulfone groups is 1. The number of nitrogens with one attached hydrogen (secondary N) is 2. The lowest BCUT2D eigenvalue weighted by molar-refractivity contribution is 0.283. The average molecular weight is 545 g/mol. The molecule has 0 amide bonds. The highest BCUT2D eigenvalue weighted by molar-refractivity contribution is 7.90. The molecule has 1 aliphatic carbocycles. The molecule has 11 heteroatoms. The van der Waals surface area contributed by atoms with Gasteiger partial charge in [-0.1, -0.05) is 36.4 Å². The van der Waals surface area contributed by atoms with Crippen LogP contribution in [0.3, 0.4) is 0 Å². The number of fused-ring (bicyclic) bond motifs is 2. The van der Waals surface area contributed by atoms with E-state index in [0.29, 0.717) is 18.4 Å². The molecule has 0 atom stereocenters. The van der Waals surface area contributed by atoms with Gasteiger partial charge in [-0.2, -0.15) is 5.10 Å². The first-order chi connectivity index (χ1) is 18.8. The number of benzene rings is 2. The van der Waals surface area contributed by atoms with Crippen LogP contribution in [0, 0.1) is 0 Å². The van der Waals surface area contributed by atoms with Gasteiger partial charge in [0.1, 0.15) is 33.5 Å². The summed E-state index contributed by atoms with van der Waals surface area (Å²) < 4.78 is 24.9. The smallest absolute Gasteiger partial charge is 0.164 e. The molecule has 3 heterocycles. The number of imidazole rings is 1. The molecule has 0 unspecified atom stereocenters. The largest absolute Gasteiger partial charge is 0.383 e. The van der Waals surface area contributed by atoms with Crippen molar-refractivity contribution in [1.82, 2.24) is 35.0 Å². The fourth-order valence-electron chi connectivity index (χ4n) is 5.50. The van der Waals surface area contributed by atoms with Crippen LogP contribution < -0.4 is 11.1 Å². The summed E-state index contributed by atoms with van der Waals surface area (Å²) in [5.74, 6) is 1.47. The van der Waals surface area contributed by atoms with Crippen molar-refractivity contribution in [2.75, 3.05) is 24.3 Å². The molecule has 202 valence electrons. The summed E-state index contributed by atoms with van der Waals surface area (Å²) in [4.78, 5) is 17.1. The zero-order chi connectivity index (χ0) is 27.0. The quantitative estimate of drug-likeness (QED) is 0.268. The zero-order valence-corrected chi connectivity index (χ0v) is 22.7. The second-order valence-corrected chi connectivity index (χ2v) is 12.7. The molecule has 6 rings (SSSR count).